The molecule has 0 saturated heterocycles. The van der Waals surface area contributed by atoms with Crippen LogP contribution in [-0.2, 0) is 5.41 Å². The number of hydrogen-bond donors (Lipinski definition) is 1. The van der Waals surface area contributed by atoms with E-state index in [0.29, 0.717) is 10.7 Å². The van der Waals surface area contributed by atoms with Gasteiger partial charge in [-0.3, -0.25) is 4.79 Å². The van der Waals surface area contributed by atoms with Crippen LogP contribution in [0.25, 0.3) is 5.69 Å². The molecule has 0 aliphatic carbocycles. The summed E-state index contributed by atoms with van der Waals surface area (Å²) in [6, 6.07) is 2.72. The Balaban J connectivity index is 2.64. The molecule has 0 atom stereocenters. The van der Waals surface area contributed by atoms with E-state index in [1.807, 2.05) is 20.8 Å². The largest absolute Gasteiger partial charge is 0.506 e. The lowest BCUT2D eigenvalue weighted by atomic mass is 9.98. The van der Waals surface area contributed by atoms with Crippen molar-refractivity contribution < 1.29 is 5.11 Å². The second-order valence-electron chi connectivity index (χ2n) is 5.09. The van der Waals surface area contributed by atoms with Crippen LogP contribution in [0.1, 0.15) is 25.8 Å². The van der Waals surface area contributed by atoms with Gasteiger partial charge in [0.05, 0.1) is 15.7 Å². The molecule has 102 valence electrons. The Morgan fingerprint density at radius 2 is 1.89 bits per heavy atom. The van der Waals surface area contributed by atoms with Crippen molar-refractivity contribution in [3.05, 3.63) is 36.9 Å². The third-order valence-corrected chi connectivity index (χ3v) is 4.27. The summed E-state index contributed by atoms with van der Waals surface area (Å²) in [5.74, 6) is -0.140. The average Bonchev–Trinajstić information content (AvgIpc) is 2.65. The maximum atomic E-state index is 12.0. The predicted molar refractivity (Wildman–Crippen MR) is 78.1 cm³/mol. The fourth-order valence-corrected chi connectivity index (χ4v) is 2.71. The monoisotopic (exact) mass is 318 g/mol. The van der Waals surface area contributed by atoms with Crippen LogP contribution in [-0.4, -0.2) is 14.9 Å². The average molecular weight is 319 g/mol. The van der Waals surface area contributed by atoms with Gasteiger partial charge in [0.15, 0.2) is 0 Å². The van der Waals surface area contributed by atoms with Crippen LogP contribution in [0, 0.1) is 0 Å². The van der Waals surface area contributed by atoms with Gasteiger partial charge in [0.1, 0.15) is 10.8 Å². The van der Waals surface area contributed by atoms with Gasteiger partial charge in [-0.1, -0.05) is 55.3 Å². The summed E-state index contributed by atoms with van der Waals surface area (Å²) in [7, 11) is 0. The van der Waals surface area contributed by atoms with Crippen LogP contribution in [0.2, 0.25) is 10.0 Å². The van der Waals surface area contributed by atoms with Crippen molar-refractivity contribution in [2.24, 2.45) is 0 Å². The number of halogens is 2. The minimum absolute atomic E-state index is 0.132. The first-order valence-corrected chi connectivity index (χ1v) is 7.06. The van der Waals surface area contributed by atoms with Gasteiger partial charge in [-0.15, -0.1) is 0 Å². The summed E-state index contributed by atoms with van der Waals surface area (Å²) in [5, 5.41) is 15.0. The first kappa shape index (κ1) is 14.4. The number of nitrogens with zero attached hydrogens (tertiary/aromatic N) is 2. The lowest BCUT2D eigenvalue weighted by molar-refractivity contribution is 0.475. The number of benzene rings is 1. The van der Waals surface area contributed by atoms with Crippen molar-refractivity contribution in [1.82, 2.24) is 9.78 Å². The third-order valence-electron chi connectivity index (χ3n) is 2.43. The van der Waals surface area contributed by atoms with Gasteiger partial charge in [0.2, 0.25) is 0 Å². The highest BCUT2D eigenvalue weighted by molar-refractivity contribution is 7.09. The van der Waals surface area contributed by atoms with E-state index in [2.05, 4.69) is 5.10 Å². The lowest BCUT2D eigenvalue weighted by Gasteiger charge is -2.13. The van der Waals surface area contributed by atoms with E-state index in [9.17, 15) is 9.90 Å². The van der Waals surface area contributed by atoms with Crippen molar-refractivity contribution >= 4 is 34.5 Å². The Kier molecular flexibility index (Phi) is 3.64. The fraction of sp³-hybridized carbons (Fsp3) is 0.333. The van der Waals surface area contributed by atoms with Crippen LogP contribution in [0.4, 0.5) is 0 Å². The normalized spacial score (nSPS) is 11.8. The van der Waals surface area contributed by atoms with E-state index in [4.69, 9.17) is 23.2 Å². The van der Waals surface area contributed by atoms with Gasteiger partial charge in [0.25, 0.3) is 0 Å². The van der Waals surface area contributed by atoms with E-state index >= 15 is 0 Å². The molecule has 1 heterocycles. The zero-order chi connectivity index (χ0) is 14.4. The molecule has 0 fully saturated rings. The van der Waals surface area contributed by atoms with E-state index in [1.54, 1.807) is 0 Å². The van der Waals surface area contributed by atoms with E-state index < -0.39 is 0 Å². The maximum absolute atomic E-state index is 12.0. The van der Waals surface area contributed by atoms with Crippen LogP contribution in [0.3, 0.4) is 0 Å². The number of phenols is 1. The number of hydrogen-bond acceptors (Lipinski definition) is 4. The topological polar surface area (TPSA) is 55.1 Å². The Morgan fingerprint density at radius 1 is 1.26 bits per heavy atom. The van der Waals surface area contributed by atoms with Crippen molar-refractivity contribution in [3.63, 3.8) is 0 Å². The summed E-state index contributed by atoms with van der Waals surface area (Å²) in [6.45, 7) is 5.91. The maximum Gasteiger partial charge on any atom is 0.329 e. The third kappa shape index (κ3) is 2.78. The number of aromatic nitrogens is 2. The van der Waals surface area contributed by atoms with Gasteiger partial charge in [-0.25, -0.2) is 0 Å². The van der Waals surface area contributed by atoms with Crippen LogP contribution in [0.5, 0.6) is 5.75 Å². The zero-order valence-corrected chi connectivity index (χ0v) is 12.9. The van der Waals surface area contributed by atoms with Crippen LogP contribution < -0.4 is 4.87 Å². The predicted octanol–water partition coefficient (Wildman–Crippen LogP) is 3.60. The van der Waals surface area contributed by atoms with Crippen molar-refractivity contribution in [2.45, 2.75) is 26.2 Å². The Hall–Kier alpha value is -1.04. The number of aromatic hydroxyl groups is 1. The minimum atomic E-state index is -0.256. The molecule has 0 aliphatic heterocycles. The van der Waals surface area contributed by atoms with Crippen molar-refractivity contribution in [3.8, 4) is 11.4 Å². The molecule has 1 aromatic heterocycles. The summed E-state index contributed by atoms with van der Waals surface area (Å²) in [5.41, 5.74) is 0.0936. The number of rotatable bonds is 1. The summed E-state index contributed by atoms with van der Waals surface area (Å²) in [6.07, 6.45) is 0. The summed E-state index contributed by atoms with van der Waals surface area (Å²) >= 11 is 12.9. The molecule has 19 heavy (non-hydrogen) atoms. The van der Waals surface area contributed by atoms with Crippen LogP contribution >= 0.6 is 34.5 Å². The standard InChI is InChI=1S/C12H12Cl2N2O2S/c1-12(2,3)10-15-16(11(18)19-10)8-5-9(17)7(14)4-6(8)13/h4-5,17H,1-3H3. The molecular weight excluding hydrogens is 307 g/mol. The fourth-order valence-electron chi connectivity index (χ4n) is 1.42. The molecule has 1 N–H and O–H groups in total. The molecule has 4 nitrogen and oxygen atoms in total. The minimum Gasteiger partial charge on any atom is -0.506 e. The van der Waals surface area contributed by atoms with Crippen LogP contribution in [0.15, 0.2) is 16.9 Å². The highest BCUT2D eigenvalue weighted by Crippen LogP contribution is 2.32. The molecule has 0 radical (unpaired) electrons. The Labute approximate surface area is 124 Å². The van der Waals surface area contributed by atoms with Gasteiger partial charge < -0.3 is 5.11 Å². The van der Waals surface area contributed by atoms with E-state index in [1.165, 1.54) is 16.8 Å². The molecule has 2 aromatic rings. The second kappa shape index (κ2) is 4.81. The second-order valence-corrected chi connectivity index (χ2v) is 6.84. The molecule has 2 rings (SSSR count). The molecule has 0 bridgehead atoms. The summed E-state index contributed by atoms with van der Waals surface area (Å²) in [4.78, 5) is 11.7. The van der Waals surface area contributed by atoms with Gasteiger partial charge >= 0.3 is 4.87 Å². The first-order valence-electron chi connectivity index (χ1n) is 5.49. The molecule has 1 aromatic carbocycles. The SMILES string of the molecule is CC(C)(C)c1nn(-c2cc(O)c(Cl)cc2Cl)c(=O)s1. The molecule has 7 heteroatoms. The summed E-state index contributed by atoms with van der Waals surface area (Å²) < 4.78 is 1.18. The van der Waals surface area contributed by atoms with Crippen molar-refractivity contribution in [2.75, 3.05) is 0 Å². The van der Waals surface area contributed by atoms with E-state index in [-0.39, 0.29) is 26.1 Å². The smallest absolute Gasteiger partial charge is 0.329 e. The lowest BCUT2D eigenvalue weighted by Crippen LogP contribution is -2.14. The van der Waals surface area contributed by atoms with Crippen molar-refractivity contribution in [1.29, 1.82) is 0 Å². The highest BCUT2D eigenvalue weighted by atomic mass is 35.5. The van der Waals surface area contributed by atoms with Gasteiger partial charge in [0, 0.05) is 11.5 Å². The zero-order valence-electron chi connectivity index (χ0n) is 10.6. The molecular formula is C12H12Cl2N2O2S. The Bertz CT molecular complexity index is 686. The molecule has 0 unspecified atom stereocenters. The quantitative estimate of drug-likeness (QED) is 0.874. The van der Waals surface area contributed by atoms with Gasteiger partial charge in [-0.2, -0.15) is 9.78 Å². The highest BCUT2D eigenvalue weighted by Gasteiger charge is 2.22. The Morgan fingerprint density at radius 3 is 2.42 bits per heavy atom. The van der Waals surface area contributed by atoms with Gasteiger partial charge in [-0.05, 0) is 6.07 Å². The molecule has 0 saturated carbocycles. The van der Waals surface area contributed by atoms with E-state index in [0.717, 1.165) is 11.3 Å². The molecule has 0 spiro atoms. The molecule has 0 amide bonds. The first-order chi connectivity index (χ1) is 8.70. The molecule has 0 aliphatic rings. The number of phenolic OH excluding ortho intramolecular Hbond substituents is 1.